The summed E-state index contributed by atoms with van der Waals surface area (Å²) in [6.45, 7) is 10.2. The van der Waals surface area contributed by atoms with E-state index in [1.54, 1.807) is 13.0 Å². The average molecular weight is 448 g/mol. The maximum Gasteiger partial charge on any atom is 0.338 e. The summed E-state index contributed by atoms with van der Waals surface area (Å²) >= 11 is 0. The molecule has 32 heavy (non-hydrogen) atoms. The van der Waals surface area contributed by atoms with Crippen molar-refractivity contribution in [2.75, 3.05) is 6.61 Å². The van der Waals surface area contributed by atoms with Crippen LogP contribution in [0.5, 0.6) is 0 Å². The van der Waals surface area contributed by atoms with Crippen molar-refractivity contribution in [3.8, 4) is 0 Å². The lowest BCUT2D eigenvalue weighted by Crippen LogP contribution is -2.45. The third kappa shape index (κ3) is 5.93. The molecular formula is C23H28O9. The van der Waals surface area contributed by atoms with Crippen LogP contribution in [-0.2, 0) is 42.9 Å². The Morgan fingerprint density at radius 2 is 1.81 bits per heavy atom. The quantitative estimate of drug-likeness (QED) is 0.270. The minimum atomic E-state index is -1.63. The van der Waals surface area contributed by atoms with Crippen LogP contribution in [0.1, 0.15) is 53.9 Å². The van der Waals surface area contributed by atoms with E-state index in [1.807, 2.05) is 0 Å². The van der Waals surface area contributed by atoms with Gasteiger partial charge in [0.15, 0.2) is 11.4 Å². The van der Waals surface area contributed by atoms with Gasteiger partial charge in [0.25, 0.3) is 0 Å². The minimum Gasteiger partial charge on any atom is -0.461 e. The maximum atomic E-state index is 13.0. The lowest BCUT2D eigenvalue weighted by molar-refractivity contribution is -0.168. The van der Waals surface area contributed by atoms with Crippen molar-refractivity contribution in [3.63, 3.8) is 0 Å². The highest BCUT2D eigenvalue weighted by molar-refractivity contribution is 5.95. The smallest absolute Gasteiger partial charge is 0.338 e. The Balaban J connectivity index is 2.68. The Labute approximate surface area is 186 Å². The van der Waals surface area contributed by atoms with E-state index in [4.69, 9.17) is 18.9 Å². The minimum absolute atomic E-state index is 0.00645. The predicted molar refractivity (Wildman–Crippen MR) is 111 cm³/mol. The number of ether oxygens (including phenoxy) is 4. The second-order valence-corrected chi connectivity index (χ2v) is 8.18. The van der Waals surface area contributed by atoms with Gasteiger partial charge in [-0.3, -0.25) is 14.4 Å². The van der Waals surface area contributed by atoms with E-state index in [1.165, 1.54) is 27.7 Å². The highest BCUT2D eigenvalue weighted by atomic mass is 16.6. The zero-order chi connectivity index (χ0) is 24.2. The lowest BCUT2D eigenvalue weighted by Gasteiger charge is -2.33. The largest absolute Gasteiger partial charge is 0.461 e. The number of esters is 4. The molecule has 0 bridgehead atoms. The molecule has 0 amide bonds. The number of allylic oxidation sites excluding steroid dienone is 1. The molecule has 0 fully saturated rings. The van der Waals surface area contributed by atoms with Gasteiger partial charge >= 0.3 is 23.9 Å². The first-order valence-corrected chi connectivity index (χ1v) is 10.2. The fourth-order valence-corrected chi connectivity index (χ4v) is 3.60. The SMILES string of the molecule is C=C(C)C(=O)O[C@H]1C[C@@](C)(OC(C)=O)C(=O)CC/C(C)=C\[C@H]2OC(=O)C(COC(C)=O)=C12. The van der Waals surface area contributed by atoms with Gasteiger partial charge < -0.3 is 18.9 Å². The Kier molecular flexibility index (Phi) is 7.77. The summed E-state index contributed by atoms with van der Waals surface area (Å²) in [6.07, 6.45) is -0.233. The highest BCUT2D eigenvalue weighted by Gasteiger charge is 2.46. The van der Waals surface area contributed by atoms with Gasteiger partial charge in [-0.15, -0.1) is 0 Å². The number of carbonyl (C=O) groups is 5. The standard InChI is InChI=1S/C23H28O9/c1-12(2)21(27)31-18-10-23(6,32-15(5)25)19(26)8-7-13(3)9-17-20(18)16(22(28)30-17)11-29-14(4)24/h9,17-18H,1,7-8,10-11H2,2-6H3/b13-9-/t17-,18+,23-/m1/s1. The van der Waals surface area contributed by atoms with Crippen LogP contribution in [-0.4, -0.2) is 54.1 Å². The summed E-state index contributed by atoms with van der Waals surface area (Å²) in [5.41, 5.74) is -0.540. The first kappa shape index (κ1) is 25.0. The maximum absolute atomic E-state index is 13.0. The zero-order valence-electron chi connectivity index (χ0n) is 18.9. The van der Waals surface area contributed by atoms with Crippen molar-refractivity contribution in [3.05, 3.63) is 34.9 Å². The Bertz CT molecular complexity index is 924. The van der Waals surface area contributed by atoms with Crippen LogP contribution >= 0.6 is 0 Å². The third-order valence-corrected chi connectivity index (χ3v) is 5.22. The van der Waals surface area contributed by atoms with E-state index in [-0.39, 0.29) is 35.3 Å². The van der Waals surface area contributed by atoms with Gasteiger partial charge in [0.1, 0.15) is 18.8 Å². The Hall–Kier alpha value is -3.23. The molecule has 0 unspecified atom stereocenters. The summed E-state index contributed by atoms with van der Waals surface area (Å²) in [6, 6.07) is 0. The van der Waals surface area contributed by atoms with E-state index < -0.39 is 48.3 Å². The molecule has 3 atom stereocenters. The monoisotopic (exact) mass is 448 g/mol. The molecule has 1 heterocycles. The molecule has 0 N–H and O–H groups in total. The Morgan fingerprint density at radius 1 is 1.16 bits per heavy atom. The molecule has 0 aromatic rings. The van der Waals surface area contributed by atoms with E-state index in [0.717, 1.165) is 5.57 Å². The molecule has 2 aliphatic rings. The number of rotatable bonds is 5. The molecule has 0 saturated carbocycles. The second kappa shape index (κ2) is 9.93. The first-order valence-electron chi connectivity index (χ1n) is 10.2. The lowest BCUT2D eigenvalue weighted by atomic mass is 9.83. The van der Waals surface area contributed by atoms with Gasteiger partial charge in [-0.05, 0) is 33.3 Å². The van der Waals surface area contributed by atoms with Gasteiger partial charge in [-0.25, -0.2) is 9.59 Å². The molecule has 0 radical (unpaired) electrons. The van der Waals surface area contributed by atoms with E-state index in [2.05, 4.69) is 6.58 Å². The van der Waals surface area contributed by atoms with Crippen LogP contribution in [0, 0.1) is 0 Å². The number of fused-ring (bicyclic) bond motifs is 1. The van der Waals surface area contributed by atoms with Crippen LogP contribution in [0.2, 0.25) is 0 Å². The summed E-state index contributed by atoms with van der Waals surface area (Å²) in [7, 11) is 0. The number of Topliss-reactive ketones (excluding diaryl/α,β-unsaturated/α-hetero) is 1. The number of ketones is 1. The zero-order valence-corrected chi connectivity index (χ0v) is 18.9. The van der Waals surface area contributed by atoms with Crippen molar-refractivity contribution < 1.29 is 42.9 Å². The molecule has 1 aliphatic heterocycles. The van der Waals surface area contributed by atoms with Gasteiger partial charge in [0.2, 0.25) is 0 Å². The van der Waals surface area contributed by atoms with E-state index >= 15 is 0 Å². The van der Waals surface area contributed by atoms with Gasteiger partial charge in [-0.2, -0.15) is 0 Å². The summed E-state index contributed by atoms with van der Waals surface area (Å²) in [5, 5.41) is 0. The molecule has 9 nitrogen and oxygen atoms in total. The summed E-state index contributed by atoms with van der Waals surface area (Å²) in [4.78, 5) is 61.2. The van der Waals surface area contributed by atoms with Crippen LogP contribution in [0.4, 0.5) is 0 Å². The highest BCUT2D eigenvalue weighted by Crippen LogP contribution is 2.36. The Morgan fingerprint density at radius 3 is 2.38 bits per heavy atom. The molecule has 2 rings (SSSR count). The molecule has 9 heteroatoms. The molecule has 0 aromatic heterocycles. The number of hydrogen-bond donors (Lipinski definition) is 0. The van der Waals surface area contributed by atoms with Gasteiger partial charge in [0, 0.05) is 37.8 Å². The second-order valence-electron chi connectivity index (χ2n) is 8.18. The van der Waals surface area contributed by atoms with E-state index in [9.17, 15) is 24.0 Å². The summed E-state index contributed by atoms with van der Waals surface area (Å²) in [5.74, 6) is -3.15. The van der Waals surface area contributed by atoms with Crippen molar-refractivity contribution >= 4 is 29.7 Å². The molecule has 174 valence electrons. The molecular weight excluding hydrogens is 420 g/mol. The molecule has 0 saturated heterocycles. The van der Waals surface area contributed by atoms with Crippen LogP contribution < -0.4 is 0 Å². The van der Waals surface area contributed by atoms with Gasteiger partial charge in [-0.1, -0.05) is 12.2 Å². The average Bonchev–Trinajstić information content (AvgIpc) is 2.97. The van der Waals surface area contributed by atoms with Crippen LogP contribution in [0.15, 0.2) is 34.9 Å². The fraction of sp³-hybridized carbons (Fsp3) is 0.522. The van der Waals surface area contributed by atoms with Gasteiger partial charge in [0.05, 0.1) is 5.57 Å². The molecule has 1 aliphatic carbocycles. The first-order chi connectivity index (χ1) is 14.8. The van der Waals surface area contributed by atoms with Crippen molar-refractivity contribution in [2.45, 2.75) is 71.7 Å². The number of hydrogen-bond acceptors (Lipinski definition) is 9. The summed E-state index contributed by atoms with van der Waals surface area (Å²) < 4.78 is 21.5. The van der Waals surface area contributed by atoms with Crippen LogP contribution in [0.3, 0.4) is 0 Å². The van der Waals surface area contributed by atoms with Crippen molar-refractivity contribution in [2.24, 2.45) is 0 Å². The van der Waals surface area contributed by atoms with Crippen molar-refractivity contribution in [1.82, 2.24) is 0 Å². The normalized spacial score (nSPS) is 27.5. The third-order valence-electron chi connectivity index (χ3n) is 5.22. The predicted octanol–water partition coefficient (Wildman–Crippen LogP) is 2.28. The fourth-order valence-electron chi connectivity index (χ4n) is 3.60. The molecule has 0 aromatic carbocycles. The number of carbonyl (C=O) groups excluding carboxylic acids is 5. The molecule has 0 spiro atoms. The van der Waals surface area contributed by atoms with E-state index in [0.29, 0.717) is 6.42 Å². The van der Waals surface area contributed by atoms with Crippen molar-refractivity contribution in [1.29, 1.82) is 0 Å². The van der Waals surface area contributed by atoms with Crippen LogP contribution in [0.25, 0.3) is 0 Å². The topological polar surface area (TPSA) is 122 Å².